The lowest BCUT2D eigenvalue weighted by atomic mass is 10.1. The molecule has 0 amide bonds. The molecule has 0 aromatic heterocycles. The Morgan fingerprint density at radius 2 is 2.07 bits per heavy atom. The van der Waals surface area contributed by atoms with Crippen molar-refractivity contribution in [3.63, 3.8) is 0 Å². The molecule has 0 aliphatic heterocycles. The van der Waals surface area contributed by atoms with E-state index in [4.69, 9.17) is 9.90 Å². The Hall–Kier alpha value is -1.03. The maximum atomic E-state index is 12.7. The third kappa shape index (κ3) is 5.59. The van der Waals surface area contributed by atoms with E-state index in [-0.39, 0.29) is 5.82 Å². The van der Waals surface area contributed by atoms with Crippen LogP contribution in [0.3, 0.4) is 0 Å². The lowest BCUT2D eigenvalue weighted by Crippen LogP contribution is -2.16. The highest BCUT2D eigenvalue weighted by Crippen LogP contribution is 2.11. The number of aryl methyl sites for hydroxylation is 1. The van der Waals surface area contributed by atoms with Gasteiger partial charge in [-0.2, -0.15) is 12.6 Å². The number of carboxylic acid groups (broad SMARTS) is 1. The Bertz CT molecular complexity index is 309. The van der Waals surface area contributed by atoms with Crippen LogP contribution in [0, 0.1) is 12.7 Å². The van der Waals surface area contributed by atoms with Crippen LogP contribution < -0.4 is 5.11 Å². The molecule has 0 atom stereocenters. The summed E-state index contributed by atoms with van der Waals surface area (Å²) in [6.45, 7) is 2.91. The van der Waals surface area contributed by atoms with Crippen LogP contribution in [0.2, 0.25) is 0 Å². The Kier molecular flexibility index (Phi) is 5.95. The van der Waals surface area contributed by atoms with E-state index < -0.39 is 5.97 Å². The molecule has 0 aliphatic rings. The zero-order valence-electron chi connectivity index (χ0n) is 8.08. The van der Waals surface area contributed by atoms with Crippen LogP contribution in [0.15, 0.2) is 18.2 Å². The number of carbonyl (C=O) groups is 1. The second-order valence-electron chi connectivity index (χ2n) is 2.74. The Morgan fingerprint density at radius 3 is 2.43 bits per heavy atom. The molecule has 1 aromatic rings. The molecule has 2 nitrogen and oxygen atoms in total. The zero-order chi connectivity index (χ0) is 11.1. The summed E-state index contributed by atoms with van der Waals surface area (Å²) in [6, 6.07) is 5.03. The maximum absolute atomic E-state index is 12.7. The van der Waals surface area contributed by atoms with E-state index in [9.17, 15) is 4.39 Å². The van der Waals surface area contributed by atoms with Crippen molar-refractivity contribution in [3.8, 4) is 0 Å². The highest BCUT2D eigenvalue weighted by atomic mass is 32.1. The van der Waals surface area contributed by atoms with Crippen molar-refractivity contribution in [1.29, 1.82) is 0 Å². The van der Waals surface area contributed by atoms with E-state index in [0.29, 0.717) is 11.3 Å². The van der Waals surface area contributed by atoms with Crippen LogP contribution >= 0.6 is 12.6 Å². The first-order chi connectivity index (χ1) is 6.47. The molecule has 14 heavy (non-hydrogen) atoms. The third-order valence-electron chi connectivity index (χ3n) is 1.37. The maximum Gasteiger partial charge on any atom is 0.127 e. The van der Waals surface area contributed by atoms with E-state index >= 15 is 0 Å². The second-order valence-corrected chi connectivity index (χ2v) is 3.06. The molecular formula is C10H12FO2S-. The van der Waals surface area contributed by atoms with Gasteiger partial charge in [-0.15, -0.1) is 0 Å². The van der Waals surface area contributed by atoms with E-state index in [0.717, 1.165) is 12.5 Å². The lowest BCUT2D eigenvalue weighted by molar-refractivity contribution is -0.302. The largest absolute Gasteiger partial charge is 0.550 e. The fourth-order valence-electron chi connectivity index (χ4n) is 0.825. The molecule has 0 spiro atoms. The van der Waals surface area contributed by atoms with Crippen LogP contribution in [0.5, 0.6) is 0 Å². The predicted octanol–water partition coefficient (Wildman–Crippen LogP) is 1.32. The first-order valence-electron chi connectivity index (χ1n) is 4.01. The number of carboxylic acids is 1. The van der Waals surface area contributed by atoms with Crippen LogP contribution in [0.1, 0.15) is 18.1 Å². The van der Waals surface area contributed by atoms with E-state index in [1.54, 1.807) is 6.07 Å². The molecule has 0 fully saturated rings. The van der Waals surface area contributed by atoms with Crippen LogP contribution in [-0.4, -0.2) is 5.97 Å². The minimum Gasteiger partial charge on any atom is -0.550 e. The van der Waals surface area contributed by atoms with Crippen molar-refractivity contribution in [1.82, 2.24) is 0 Å². The van der Waals surface area contributed by atoms with Crippen molar-refractivity contribution >= 4 is 18.6 Å². The van der Waals surface area contributed by atoms with E-state index in [1.807, 2.05) is 13.0 Å². The molecule has 0 saturated carbocycles. The number of hydrogen-bond donors (Lipinski definition) is 1. The highest BCUT2D eigenvalue weighted by Gasteiger charge is 1.97. The van der Waals surface area contributed by atoms with Crippen molar-refractivity contribution < 1.29 is 14.3 Å². The molecule has 4 heteroatoms. The normalized spacial score (nSPS) is 8.86. The summed E-state index contributed by atoms with van der Waals surface area (Å²) >= 11 is 3.99. The molecule has 78 valence electrons. The summed E-state index contributed by atoms with van der Waals surface area (Å²) in [7, 11) is 0. The number of rotatable bonds is 1. The summed E-state index contributed by atoms with van der Waals surface area (Å²) in [6.07, 6.45) is 0. The topological polar surface area (TPSA) is 40.1 Å². The Balaban J connectivity index is 0.000000364. The zero-order valence-corrected chi connectivity index (χ0v) is 8.98. The second kappa shape index (κ2) is 6.43. The number of aliphatic carboxylic acids is 1. The Labute approximate surface area is 88.2 Å². The van der Waals surface area contributed by atoms with Crippen LogP contribution in [0.25, 0.3) is 0 Å². The van der Waals surface area contributed by atoms with Crippen LogP contribution in [-0.2, 0) is 10.5 Å². The van der Waals surface area contributed by atoms with Gasteiger partial charge in [0, 0.05) is 11.7 Å². The molecule has 1 aromatic carbocycles. The fourth-order valence-corrected chi connectivity index (χ4v) is 1.07. The summed E-state index contributed by atoms with van der Waals surface area (Å²) in [5.41, 5.74) is 1.74. The van der Waals surface area contributed by atoms with Gasteiger partial charge in [-0.3, -0.25) is 0 Å². The quantitative estimate of drug-likeness (QED) is 0.718. The molecule has 0 bridgehead atoms. The van der Waals surface area contributed by atoms with Gasteiger partial charge >= 0.3 is 0 Å². The SMILES string of the molecule is CC(=O)[O-].Cc1ccc(F)c(CS)c1. The first kappa shape index (κ1) is 13.0. The number of thiol groups is 1. The van der Waals surface area contributed by atoms with Gasteiger partial charge in [-0.1, -0.05) is 17.7 Å². The van der Waals surface area contributed by atoms with Gasteiger partial charge < -0.3 is 9.90 Å². The highest BCUT2D eigenvalue weighted by molar-refractivity contribution is 7.79. The molecular weight excluding hydrogens is 203 g/mol. The summed E-state index contributed by atoms with van der Waals surface area (Å²) < 4.78 is 12.7. The fraction of sp³-hybridized carbons (Fsp3) is 0.300. The third-order valence-corrected chi connectivity index (χ3v) is 1.71. The van der Waals surface area contributed by atoms with Gasteiger partial charge in [0.05, 0.1) is 0 Å². The average molecular weight is 215 g/mol. The van der Waals surface area contributed by atoms with Crippen molar-refractivity contribution in [2.75, 3.05) is 0 Å². The van der Waals surface area contributed by atoms with Gasteiger partial charge in [0.1, 0.15) is 5.82 Å². The predicted molar refractivity (Wildman–Crippen MR) is 54.5 cm³/mol. The smallest absolute Gasteiger partial charge is 0.127 e. The van der Waals surface area contributed by atoms with Crippen molar-refractivity contribution in [2.45, 2.75) is 19.6 Å². The van der Waals surface area contributed by atoms with Crippen molar-refractivity contribution in [3.05, 3.63) is 35.1 Å². The number of benzene rings is 1. The average Bonchev–Trinajstić information content (AvgIpc) is 2.08. The minimum absolute atomic E-state index is 0.166. The summed E-state index contributed by atoms with van der Waals surface area (Å²) in [4.78, 5) is 8.89. The molecule has 1 rings (SSSR count). The van der Waals surface area contributed by atoms with E-state index in [1.165, 1.54) is 6.07 Å². The molecule has 0 heterocycles. The summed E-state index contributed by atoms with van der Waals surface area (Å²) in [5, 5.41) is 8.89. The van der Waals surface area contributed by atoms with E-state index in [2.05, 4.69) is 12.6 Å². The minimum atomic E-state index is -1.08. The monoisotopic (exact) mass is 215 g/mol. The van der Waals surface area contributed by atoms with Crippen LogP contribution in [0.4, 0.5) is 4.39 Å². The molecule has 0 aliphatic carbocycles. The van der Waals surface area contributed by atoms with Gasteiger partial charge in [-0.05, 0) is 25.5 Å². The molecule has 0 saturated heterocycles. The first-order valence-corrected chi connectivity index (χ1v) is 4.64. The van der Waals surface area contributed by atoms with Gasteiger partial charge in [0.25, 0.3) is 0 Å². The number of hydrogen-bond acceptors (Lipinski definition) is 3. The summed E-state index contributed by atoms with van der Waals surface area (Å²) in [5.74, 6) is -0.784. The molecule has 0 N–H and O–H groups in total. The van der Waals surface area contributed by atoms with Crippen molar-refractivity contribution in [2.24, 2.45) is 0 Å². The van der Waals surface area contributed by atoms with Gasteiger partial charge in [0.2, 0.25) is 0 Å². The lowest BCUT2D eigenvalue weighted by Gasteiger charge is -1.98. The Morgan fingerprint density at radius 1 is 1.57 bits per heavy atom. The van der Waals surface area contributed by atoms with Gasteiger partial charge in [-0.25, -0.2) is 4.39 Å². The van der Waals surface area contributed by atoms with Gasteiger partial charge in [0.15, 0.2) is 0 Å². The number of carbonyl (C=O) groups excluding carboxylic acids is 1. The number of halogens is 1. The molecule has 0 radical (unpaired) electrons. The standard InChI is InChI=1S/C8H9FS.C2H4O2/c1-6-2-3-8(9)7(4-6)5-10;1-2(3)4/h2-4,10H,5H2,1H3;1H3,(H,3,4)/p-1. The molecule has 0 unspecified atom stereocenters.